The smallest absolute Gasteiger partial charge is 0.332 e. The van der Waals surface area contributed by atoms with Gasteiger partial charge in [0.15, 0.2) is 0 Å². The molecule has 4 heteroatoms. The Labute approximate surface area is 61.5 Å². The summed E-state index contributed by atoms with van der Waals surface area (Å²) in [6.45, 7) is 1.20. The number of aliphatic carboxylic acids is 1. The van der Waals surface area contributed by atoms with Crippen molar-refractivity contribution in [1.29, 1.82) is 0 Å². The Morgan fingerprint density at radius 3 is 1.86 bits per heavy atom. The van der Waals surface area contributed by atoms with Crippen LogP contribution in [0.1, 0.15) is 6.92 Å². The molecular formula is C3H6O3Pb. The van der Waals surface area contributed by atoms with Gasteiger partial charge in [0, 0.05) is 27.3 Å². The van der Waals surface area contributed by atoms with Crippen LogP contribution in [0, 0.1) is 0 Å². The summed E-state index contributed by atoms with van der Waals surface area (Å²) in [7, 11) is 0. The van der Waals surface area contributed by atoms with E-state index in [-0.39, 0.29) is 27.3 Å². The van der Waals surface area contributed by atoms with Crippen LogP contribution in [0.15, 0.2) is 0 Å². The molecule has 0 fully saturated rings. The molecule has 40 valence electrons. The number of carboxylic acids is 1. The quantitative estimate of drug-likeness (QED) is 0.615. The summed E-state index contributed by atoms with van der Waals surface area (Å²) < 4.78 is 0. The predicted octanol–water partition coefficient (Wildman–Crippen LogP) is -0.929. The molecule has 0 aromatic heterocycles. The molecular weight excluding hydrogens is 291 g/mol. The minimum Gasteiger partial charge on any atom is -0.479 e. The summed E-state index contributed by atoms with van der Waals surface area (Å²) in [5.74, 6) is -1.19. The van der Waals surface area contributed by atoms with Crippen LogP contribution >= 0.6 is 0 Å². The van der Waals surface area contributed by atoms with Gasteiger partial charge >= 0.3 is 5.97 Å². The second kappa shape index (κ2) is 4.51. The second-order valence-electron chi connectivity index (χ2n) is 1.01. The zero-order valence-electron chi connectivity index (χ0n) is 3.88. The fourth-order valence-electron chi connectivity index (χ4n) is 0. The first kappa shape index (κ1) is 10.4. The molecule has 2 N–H and O–H groups in total. The average Bonchev–Trinajstić information content (AvgIpc) is 1.36. The number of hydrogen-bond donors (Lipinski definition) is 2. The Bertz CT molecular complexity index is 61.2. The van der Waals surface area contributed by atoms with Crippen molar-refractivity contribution < 1.29 is 15.0 Å². The number of aliphatic hydroxyl groups is 1. The third-order valence-electron chi connectivity index (χ3n) is 0.357. The van der Waals surface area contributed by atoms with Crippen molar-refractivity contribution in [2.45, 2.75) is 13.0 Å². The van der Waals surface area contributed by atoms with Crippen molar-refractivity contribution in [2.24, 2.45) is 0 Å². The van der Waals surface area contributed by atoms with Crippen LogP contribution in [0.4, 0.5) is 0 Å². The summed E-state index contributed by atoms with van der Waals surface area (Å²) in [6, 6.07) is 0. The molecule has 4 radical (unpaired) electrons. The Kier molecular flexibility index (Phi) is 6.67. The summed E-state index contributed by atoms with van der Waals surface area (Å²) >= 11 is 0. The third-order valence-corrected chi connectivity index (χ3v) is 0.357. The molecule has 7 heavy (non-hydrogen) atoms. The monoisotopic (exact) mass is 298 g/mol. The van der Waals surface area contributed by atoms with E-state index < -0.39 is 12.1 Å². The van der Waals surface area contributed by atoms with E-state index in [2.05, 4.69) is 0 Å². The normalized spacial score (nSPS) is 11.7. The van der Waals surface area contributed by atoms with Crippen LogP contribution in [-0.4, -0.2) is 49.6 Å². The first-order chi connectivity index (χ1) is 2.64. The molecule has 1 atom stereocenters. The largest absolute Gasteiger partial charge is 0.479 e. The van der Waals surface area contributed by atoms with Crippen LogP contribution in [0.2, 0.25) is 0 Å². The Morgan fingerprint density at radius 1 is 1.71 bits per heavy atom. The maximum Gasteiger partial charge on any atom is 0.332 e. The van der Waals surface area contributed by atoms with Gasteiger partial charge in [-0.05, 0) is 6.92 Å². The van der Waals surface area contributed by atoms with Crippen molar-refractivity contribution in [3.8, 4) is 0 Å². The molecule has 0 rings (SSSR count). The summed E-state index contributed by atoms with van der Waals surface area (Å²) in [5, 5.41) is 15.8. The summed E-state index contributed by atoms with van der Waals surface area (Å²) in [5.41, 5.74) is 0. The molecule has 0 aromatic carbocycles. The zero-order chi connectivity index (χ0) is 5.15. The second-order valence-corrected chi connectivity index (χ2v) is 1.01. The van der Waals surface area contributed by atoms with E-state index >= 15 is 0 Å². The van der Waals surface area contributed by atoms with E-state index in [9.17, 15) is 4.79 Å². The molecule has 0 aliphatic heterocycles. The SMILES string of the molecule is CC(O)C(=O)O.[Pb]. The molecule has 0 aromatic rings. The zero-order valence-corrected chi connectivity index (χ0v) is 7.77. The van der Waals surface area contributed by atoms with Gasteiger partial charge in [0.25, 0.3) is 0 Å². The summed E-state index contributed by atoms with van der Waals surface area (Å²) in [4.78, 5) is 9.45. The Balaban J connectivity index is 0. The van der Waals surface area contributed by atoms with Gasteiger partial charge in [0.05, 0.1) is 0 Å². The molecule has 0 aliphatic rings. The van der Waals surface area contributed by atoms with Crippen molar-refractivity contribution in [1.82, 2.24) is 0 Å². The Hall–Kier alpha value is 0.352. The number of hydrogen-bond acceptors (Lipinski definition) is 2. The van der Waals surface area contributed by atoms with E-state index in [0.29, 0.717) is 0 Å². The van der Waals surface area contributed by atoms with Gasteiger partial charge in [-0.25, -0.2) is 4.79 Å². The van der Waals surface area contributed by atoms with Crippen LogP contribution in [0.25, 0.3) is 0 Å². The van der Waals surface area contributed by atoms with Gasteiger partial charge in [0.1, 0.15) is 6.10 Å². The van der Waals surface area contributed by atoms with E-state index in [1.165, 1.54) is 6.92 Å². The average molecular weight is 297 g/mol. The first-order valence-corrected chi connectivity index (χ1v) is 1.55. The molecule has 0 aliphatic carbocycles. The predicted molar refractivity (Wildman–Crippen MR) is 25.1 cm³/mol. The van der Waals surface area contributed by atoms with Crippen LogP contribution in [-0.2, 0) is 4.79 Å². The number of rotatable bonds is 1. The van der Waals surface area contributed by atoms with Gasteiger partial charge in [-0.1, -0.05) is 0 Å². The third kappa shape index (κ3) is 6.35. The Morgan fingerprint density at radius 2 is 1.86 bits per heavy atom. The van der Waals surface area contributed by atoms with E-state index in [1.54, 1.807) is 0 Å². The fraction of sp³-hybridized carbons (Fsp3) is 0.667. The first-order valence-electron chi connectivity index (χ1n) is 1.55. The van der Waals surface area contributed by atoms with E-state index in [1.807, 2.05) is 0 Å². The van der Waals surface area contributed by atoms with Crippen molar-refractivity contribution >= 4 is 33.3 Å². The van der Waals surface area contributed by atoms with E-state index in [4.69, 9.17) is 10.2 Å². The maximum atomic E-state index is 9.45. The molecule has 0 bridgehead atoms. The minimum atomic E-state index is -1.23. The molecule has 0 spiro atoms. The van der Waals surface area contributed by atoms with Gasteiger partial charge in [0.2, 0.25) is 0 Å². The van der Waals surface area contributed by atoms with Crippen LogP contribution < -0.4 is 0 Å². The molecule has 1 unspecified atom stereocenters. The van der Waals surface area contributed by atoms with Gasteiger partial charge < -0.3 is 10.2 Å². The topological polar surface area (TPSA) is 57.5 Å². The molecule has 0 amide bonds. The molecule has 0 saturated heterocycles. The van der Waals surface area contributed by atoms with Crippen molar-refractivity contribution in [2.75, 3.05) is 0 Å². The number of carboxylic acid groups (broad SMARTS) is 1. The maximum absolute atomic E-state index is 9.45. The van der Waals surface area contributed by atoms with Gasteiger partial charge in [-0.3, -0.25) is 0 Å². The van der Waals surface area contributed by atoms with Crippen molar-refractivity contribution in [3.63, 3.8) is 0 Å². The van der Waals surface area contributed by atoms with Crippen LogP contribution in [0.3, 0.4) is 0 Å². The minimum absolute atomic E-state index is 0. The number of carbonyl (C=O) groups is 1. The molecule has 0 saturated carbocycles. The summed E-state index contributed by atoms with van der Waals surface area (Å²) in [6.07, 6.45) is -1.23. The van der Waals surface area contributed by atoms with Crippen LogP contribution in [0.5, 0.6) is 0 Å². The van der Waals surface area contributed by atoms with Gasteiger partial charge in [-0.2, -0.15) is 0 Å². The fourth-order valence-corrected chi connectivity index (χ4v) is 0. The van der Waals surface area contributed by atoms with Gasteiger partial charge in [-0.15, -0.1) is 0 Å². The molecule has 0 heterocycles. The molecule has 3 nitrogen and oxygen atoms in total. The number of aliphatic hydroxyl groups excluding tert-OH is 1. The van der Waals surface area contributed by atoms with Crippen molar-refractivity contribution in [3.05, 3.63) is 0 Å². The standard InChI is InChI=1S/C3H6O3.Pb/c1-2(4)3(5)6;/h2,4H,1H3,(H,5,6);. The van der Waals surface area contributed by atoms with E-state index in [0.717, 1.165) is 0 Å².